The largest absolute Gasteiger partial charge is 0.423 e. The molecule has 1 fully saturated rings. The quantitative estimate of drug-likeness (QED) is 0.311. The monoisotopic (exact) mass is 406 g/mol. The van der Waals surface area contributed by atoms with Gasteiger partial charge in [-0.3, -0.25) is 14.9 Å². The Morgan fingerprint density at radius 1 is 1.07 bits per heavy atom. The van der Waals surface area contributed by atoms with Gasteiger partial charge in [-0.2, -0.15) is 0 Å². The molecule has 0 aliphatic heterocycles. The SMILES string of the molecule is CC(C)(NC1(C)C(=O)C1c1ccccc1)C(=O)C=CC(=O)Oc1ccc(N=O)cc1. The fourth-order valence-electron chi connectivity index (χ4n) is 3.46. The maximum Gasteiger partial charge on any atom is 0.336 e. The predicted molar refractivity (Wildman–Crippen MR) is 111 cm³/mol. The zero-order valence-electron chi connectivity index (χ0n) is 16.9. The Labute approximate surface area is 174 Å². The minimum Gasteiger partial charge on any atom is -0.423 e. The fourth-order valence-corrected chi connectivity index (χ4v) is 3.46. The van der Waals surface area contributed by atoms with E-state index in [0.29, 0.717) is 0 Å². The number of rotatable bonds is 8. The van der Waals surface area contributed by atoms with Gasteiger partial charge in [0.15, 0.2) is 11.6 Å². The molecule has 0 aromatic heterocycles. The molecule has 0 radical (unpaired) electrons. The number of Topliss-reactive ketones (excluding diaryl/α,β-unsaturated/α-hetero) is 1. The van der Waals surface area contributed by atoms with Gasteiger partial charge in [-0.05, 0) is 61.9 Å². The summed E-state index contributed by atoms with van der Waals surface area (Å²) in [6.45, 7) is 5.10. The second-order valence-corrected chi connectivity index (χ2v) is 7.86. The Morgan fingerprint density at radius 3 is 2.30 bits per heavy atom. The van der Waals surface area contributed by atoms with E-state index in [1.165, 1.54) is 24.3 Å². The number of nitrogens with one attached hydrogen (secondary N) is 1. The van der Waals surface area contributed by atoms with Crippen molar-refractivity contribution in [2.45, 2.75) is 37.8 Å². The van der Waals surface area contributed by atoms with Gasteiger partial charge in [0, 0.05) is 6.08 Å². The maximum absolute atomic E-state index is 12.6. The minimum atomic E-state index is -1.07. The molecule has 7 nitrogen and oxygen atoms in total. The van der Waals surface area contributed by atoms with Gasteiger partial charge in [-0.1, -0.05) is 30.3 Å². The summed E-state index contributed by atoms with van der Waals surface area (Å²) in [5.74, 6) is -1.17. The molecule has 0 bridgehead atoms. The molecular weight excluding hydrogens is 384 g/mol. The van der Waals surface area contributed by atoms with Crippen molar-refractivity contribution in [2.24, 2.45) is 5.18 Å². The van der Waals surface area contributed by atoms with E-state index in [1.807, 2.05) is 30.3 Å². The van der Waals surface area contributed by atoms with Crippen molar-refractivity contribution >= 4 is 23.2 Å². The third kappa shape index (κ3) is 4.41. The van der Waals surface area contributed by atoms with Gasteiger partial charge >= 0.3 is 5.97 Å². The Morgan fingerprint density at radius 2 is 1.70 bits per heavy atom. The molecule has 0 spiro atoms. The molecule has 0 saturated heterocycles. The third-order valence-electron chi connectivity index (χ3n) is 5.12. The summed E-state index contributed by atoms with van der Waals surface area (Å²) in [6.07, 6.45) is 2.16. The Bertz CT molecular complexity index is 1010. The molecule has 1 aliphatic rings. The van der Waals surface area contributed by atoms with Crippen molar-refractivity contribution in [1.29, 1.82) is 0 Å². The van der Waals surface area contributed by atoms with Crippen molar-refractivity contribution in [3.8, 4) is 5.75 Å². The third-order valence-corrected chi connectivity index (χ3v) is 5.12. The van der Waals surface area contributed by atoms with Crippen LogP contribution in [-0.2, 0) is 14.4 Å². The van der Waals surface area contributed by atoms with Crippen LogP contribution in [-0.4, -0.2) is 28.6 Å². The van der Waals surface area contributed by atoms with Crippen LogP contribution in [0.5, 0.6) is 5.75 Å². The lowest BCUT2D eigenvalue weighted by Crippen LogP contribution is -2.52. The summed E-state index contributed by atoms with van der Waals surface area (Å²) < 4.78 is 5.09. The second-order valence-electron chi connectivity index (χ2n) is 7.86. The normalized spacial score (nSPS) is 20.8. The van der Waals surface area contributed by atoms with Crippen molar-refractivity contribution in [1.82, 2.24) is 5.32 Å². The number of hydrogen-bond donors (Lipinski definition) is 1. The van der Waals surface area contributed by atoms with E-state index < -0.39 is 17.0 Å². The molecule has 1 aliphatic carbocycles. The molecule has 2 unspecified atom stereocenters. The van der Waals surface area contributed by atoms with Gasteiger partial charge in [0.1, 0.15) is 11.4 Å². The van der Waals surface area contributed by atoms with Gasteiger partial charge < -0.3 is 4.74 Å². The Kier molecular flexibility index (Phi) is 5.75. The van der Waals surface area contributed by atoms with E-state index in [0.717, 1.165) is 17.7 Å². The average Bonchev–Trinajstić information content (AvgIpc) is 3.25. The molecule has 154 valence electrons. The first-order valence-corrected chi connectivity index (χ1v) is 9.44. The van der Waals surface area contributed by atoms with Gasteiger partial charge in [0.2, 0.25) is 0 Å². The van der Waals surface area contributed by atoms with E-state index in [9.17, 15) is 19.3 Å². The van der Waals surface area contributed by atoms with Gasteiger partial charge in [0.25, 0.3) is 0 Å². The van der Waals surface area contributed by atoms with E-state index in [-0.39, 0.29) is 28.9 Å². The van der Waals surface area contributed by atoms with E-state index >= 15 is 0 Å². The standard InChI is InChI=1S/C23H22N2O5/c1-22(2,25-23(3)20(21(23)28)15-7-5-4-6-8-15)18(26)13-14-19(27)30-17-11-9-16(24-29)10-12-17/h4-14,20,25H,1-3H3. The molecule has 7 heteroatoms. The van der Waals surface area contributed by atoms with E-state index in [4.69, 9.17) is 4.74 Å². The molecule has 1 saturated carbocycles. The van der Waals surface area contributed by atoms with E-state index in [2.05, 4.69) is 10.5 Å². The first kappa shape index (κ1) is 21.3. The second kappa shape index (κ2) is 8.12. The topological polar surface area (TPSA) is 102 Å². The van der Waals surface area contributed by atoms with Crippen LogP contribution in [0, 0.1) is 4.91 Å². The number of nitrogens with zero attached hydrogens (tertiary/aromatic N) is 1. The summed E-state index contributed by atoms with van der Waals surface area (Å²) in [5.41, 5.74) is -0.800. The molecule has 1 N–H and O–H groups in total. The van der Waals surface area contributed by atoms with Crippen LogP contribution < -0.4 is 10.1 Å². The predicted octanol–water partition coefficient (Wildman–Crippen LogP) is 3.61. The number of ketones is 2. The molecular formula is C23H22N2O5. The number of hydrogen-bond acceptors (Lipinski definition) is 7. The summed E-state index contributed by atoms with van der Waals surface area (Å²) in [7, 11) is 0. The van der Waals surface area contributed by atoms with E-state index in [1.54, 1.807) is 20.8 Å². The van der Waals surface area contributed by atoms with Crippen LogP contribution >= 0.6 is 0 Å². The summed E-state index contributed by atoms with van der Waals surface area (Å²) >= 11 is 0. The van der Waals surface area contributed by atoms with Crippen molar-refractivity contribution in [2.75, 3.05) is 0 Å². The zero-order valence-corrected chi connectivity index (χ0v) is 16.9. The highest BCUT2D eigenvalue weighted by Gasteiger charge is 2.63. The lowest BCUT2D eigenvalue weighted by molar-refractivity contribution is -0.129. The van der Waals surface area contributed by atoms with Crippen LogP contribution in [0.25, 0.3) is 0 Å². The van der Waals surface area contributed by atoms with Gasteiger partial charge in [0.05, 0.1) is 17.0 Å². The summed E-state index contributed by atoms with van der Waals surface area (Å²) in [5, 5.41) is 5.91. The Balaban J connectivity index is 1.61. The van der Waals surface area contributed by atoms with Crippen molar-refractivity contribution in [3.63, 3.8) is 0 Å². The van der Waals surface area contributed by atoms with Crippen LogP contribution in [0.1, 0.15) is 32.3 Å². The lowest BCUT2D eigenvalue weighted by Gasteiger charge is -2.27. The molecule has 2 aromatic carbocycles. The highest BCUT2D eigenvalue weighted by Crippen LogP contribution is 2.47. The number of nitroso groups, excluding NO2 is 1. The molecule has 2 atom stereocenters. The smallest absolute Gasteiger partial charge is 0.336 e. The molecule has 3 rings (SSSR count). The van der Waals surface area contributed by atoms with Crippen molar-refractivity contribution in [3.05, 3.63) is 77.2 Å². The van der Waals surface area contributed by atoms with Crippen LogP contribution in [0.4, 0.5) is 5.69 Å². The molecule has 0 amide bonds. The number of ether oxygens (including phenoxy) is 1. The average molecular weight is 406 g/mol. The molecule has 2 aromatic rings. The number of carbonyl (C=O) groups excluding carboxylic acids is 3. The van der Waals surface area contributed by atoms with Crippen LogP contribution in [0.3, 0.4) is 0 Å². The minimum absolute atomic E-state index is 0.0197. The number of carbonyl (C=O) groups is 3. The summed E-state index contributed by atoms with van der Waals surface area (Å²) in [6, 6.07) is 15.1. The van der Waals surface area contributed by atoms with Gasteiger partial charge in [-0.15, -0.1) is 4.91 Å². The Hall–Kier alpha value is -3.45. The van der Waals surface area contributed by atoms with Gasteiger partial charge in [-0.25, -0.2) is 4.79 Å². The fraction of sp³-hybridized carbons (Fsp3) is 0.261. The highest BCUT2D eigenvalue weighted by atomic mass is 16.5. The van der Waals surface area contributed by atoms with Crippen LogP contribution in [0.15, 0.2) is 71.9 Å². The lowest BCUT2D eigenvalue weighted by atomic mass is 9.95. The summed E-state index contributed by atoms with van der Waals surface area (Å²) in [4.78, 5) is 47.5. The van der Waals surface area contributed by atoms with Crippen LogP contribution in [0.2, 0.25) is 0 Å². The number of benzene rings is 2. The number of esters is 1. The first-order valence-electron chi connectivity index (χ1n) is 9.44. The zero-order chi connectivity index (χ0) is 21.9. The molecule has 30 heavy (non-hydrogen) atoms. The highest BCUT2D eigenvalue weighted by molar-refractivity contribution is 6.13. The molecule has 0 heterocycles. The first-order chi connectivity index (χ1) is 14.2. The maximum atomic E-state index is 12.6. The van der Waals surface area contributed by atoms with Crippen molar-refractivity contribution < 1.29 is 19.1 Å².